The van der Waals surface area contributed by atoms with E-state index in [9.17, 15) is 0 Å². The fourth-order valence-corrected chi connectivity index (χ4v) is 3.03. The Kier molecular flexibility index (Phi) is 7.60. The van der Waals surface area contributed by atoms with Crippen LogP contribution in [0.3, 0.4) is 0 Å². The van der Waals surface area contributed by atoms with Gasteiger partial charge < -0.3 is 16.2 Å². The van der Waals surface area contributed by atoms with Crippen LogP contribution in [0.4, 0.5) is 11.4 Å². The maximum atomic E-state index is 5.77. The van der Waals surface area contributed by atoms with Crippen molar-refractivity contribution in [3.05, 3.63) is 54.1 Å². The number of para-hydroxylation sites is 1. The lowest BCUT2D eigenvalue weighted by Crippen LogP contribution is -1.99. The molecule has 0 radical (unpaired) electrons. The predicted octanol–water partition coefficient (Wildman–Crippen LogP) is 3.72. The van der Waals surface area contributed by atoms with Crippen molar-refractivity contribution >= 4 is 79.1 Å². The van der Waals surface area contributed by atoms with E-state index in [1.165, 1.54) is 12.7 Å². The summed E-state index contributed by atoms with van der Waals surface area (Å²) in [6.45, 7) is 0. The number of aromatic nitrogens is 4. The minimum Gasteiger partial charge on any atom is -0.437 e. The average molecular weight is 660 g/mol. The molecule has 7 nitrogen and oxygen atoms in total. The molecule has 24 heavy (non-hydrogen) atoms. The molecule has 3 rings (SSSR count). The average Bonchev–Trinajstić information content (AvgIpc) is 2.58. The third kappa shape index (κ3) is 5.51. The molecule has 0 aliphatic heterocycles. The summed E-state index contributed by atoms with van der Waals surface area (Å²) in [5.41, 5.74) is 12.4. The fourth-order valence-electron chi connectivity index (χ4n) is 1.40. The topological polar surface area (TPSA) is 113 Å². The fraction of sp³-hybridized carbons (Fsp3) is 0. The Labute approximate surface area is 179 Å². The summed E-state index contributed by atoms with van der Waals surface area (Å²) in [7, 11) is 0. The molecule has 0 bridgehead atoms. The van der Waals surface area contributed by atoms with Crippen LogP contribution in [-0.4, -0.2) is 19.9 Å². The maximum Gasteiger partial charge on any atom is 0.246 e. The summed E-state index contributed by atoms with van der Waals surface area (Å²) < 4.78 is 7.82. The third-order valence-corrected chi connectivity index (χ3v) is 5.12. The zero-order chi connectivity index (χ0) is 17.5. The second kappa shape index (κ2) is 9.45. The number of hydrogen-bond donors (Lipinski definition) is 2. The molecule has 0 aliphatic rings. The normalized spacial score (nSPS) is 9.79. The third-order valence-electron chi connectivity index (χ3n) is 2.54. The number of halogens is 3. The van der Waals surface area contributed by atoms with Crippen molar-refractivity contribution in [1.82, 2.24) is 19.9 Å². The van der Waals surface area contributed by atoms with Gasteiger partial charge in [0.15, 0.2) is 0 Å². The van der Waals surface area contributed by atoms with Crippen molar-refractivity contribution in [2.45, 2.75) is 0 Å². The zero-order valence-corrected chi connectivity index (χ0v) is 18.5. The molecule has 2 heterocycles. The summed E-state index contributed by atoms with van der Waals surface area (Å²) in [6, 6.07) is 9.37. The first kappa shape index (κ1) is 19.3. The number of nitrogens with zero attached hydrogens (tertiary/aromatic N) is 4. The Balaban J connectivity index is 0.000000198. The molecule has 0 amide bonds. The zero-order valence-electron chi connectivity index (χ0n) is 12.0. The smallest absolute Gasteiger partial charge is 0.246 e. The Morgan fingerprint density at radius 2 is 1.21 bits per heavy atom. The molecular formula is C14H11I3N6O. The molecular weight excluding hydrogens is 649 g/mol. The standard InChI is InChI=1S/C10H8IN3O.C4H3I2N3/c11-9-8(12)10(14-6-13-9)15-7-4-2-1-3-5-7;5-3-2(7)4(6)9-1-8-3/h1-6H,12H2;1H,7H2. The van der Waals surface area contributed by atoms with E-state index < -0.39 is 0 Å². The van der Waals surface area contributed by atoms with Crippen LogP contribution in [-0.2, 0) is 0 Å². The number of hydrogen-bond acceptors (Lipinski definition) is 7. The van der Waals surface area contributed by atoms with Crippen molar-refractivity contribution in [3.63, 3.8) is 0 Å². The highest BCUT2D eigenvalue weighted by molar-refractivity contribution is 14.1. The monoisotopic (exact) mass is 660 g/mol. The Hall–Kier alpha value is -1.03. The number of anilines is 2. The van der Waals surface area contributed by atoms with Gasteiger partial charge in [0.1, 0.15) is 35.2 Å². The number of rotatable bonds is 2. The maximum absolute atomic E-state index is 5.77. The first-order valence-electron chi connectivity index (χ1n) is 6.39. The van der Waals surface area contributed by atoms with Gasteiger partial charge in [-0.2, -0.15) is 4.98 Å². The van der Waals surface area contributed by atoms with Crippen LogP contribution < -0.4 is 16.2 Å². The second-order valence-corrected chi connectivity index (χ2v) is 7.23. The molecule has 0 unspecified atom stereocenters. The molecule has 10 heteroatoms. The van der Waals surface area contributed by atoms with Crippen LogP contribution in [0.15, 0.2) is 43.0 Å². The van der Waals surface area contributed by atoms with Gasteiger partial charge in [-0.15, -0.1) is 0 Å². The Morgan fingerprint density at radius 3 is 1.75 bits per heavy atom. The quantitative estimate of drug-likeness (QED) is 0.319. The molecule has 0 atom stereocenters. The van der Waals surface area contributed by atoms with Crippen molar-refractivity contribution in [2.75, 3.05) is 11.5 Å². The second-order valence-electron chi connectivity index (χ2n) is 4.17. The van der Waals surface area contributed by atoms with Crippen molar-refractivity contribution < 1.29 is 4.74 Å². The summed E-state index contributed by atoms with van der Waals surface area (Å²) in [4.78, 5) is 15.7. The molecule has 0 saturated heterocycles. The molecule has 124 valence electrons. The Bertz CT molecular complexity index is 799. The van der Waals surface area contributed by atoms with Gasteiger partial charge in [-0.25, -0.2) is 15.0 Å². The first-order valence-corrected chi connectivity index (χ1v) is 9.63. The van der Waals surface area contributed by atoms with Crippen LogP contribution in [0.1, 0.15) is 0 Å². The van der Waals surface area contributed by atoms with Gasteiger partial charge in [-0.1, -0.05) is 18.2 Å². The van der Waals surface area contributed by atoms with Crippen molar-refractivity contribution in [1.29, 1.82) is 0 Å². The molecule has 0 fully saturated rings. The van der Waals surface area contributed by atoms with Crippen LogP contribution >= 0.6 is 67.8 Å². The lowest BCUT2D eigenvalue weighted by Gasteiger charge is -2.06. The van der Waals surface area contributed by atoms with Crippen LogP contribution in [0.5, 0.6) is 11.6 Å². The molecule has 3 aromatic rings. The highest BCUT2D eigenvalue weighted by atomic mass is 127. The number of benzene rings is 1. The lowest BCUT2D eigenvalue weighted by molar-refractivity contribution is 0.463. The SMILES string of the molecule is Nc1c(I)ncnc1I.Nc1c(I)ncnc1Oc1ccccc1. The number of nitrogens with two attached hydrogens (primary N) is 2. The highest BCUT2D eigenvalue weighted by Gasteiger charge is 2.07. The van der Waals surface area contributed by atoms with Gasteiger partial charge in [-0.05, 0) is 79.9 Å². The number of nitrogen functional groups attached to an aromatic ring is 2. The van der Waals surface area contributed by atoms with Gasteiger partial charge in [-0.3, -0.25) is 0 Å². The van der Waals surface area contributed by atoms with Crippen molar-refractivity contribution in [3.8, 4) is 11.6 Å². The van der Waals surface area contributed by atoms with Crippen LogP contribution in [0.2, 0.25) is 0 Å². The van der Waals surface area contributed by atoms with Crippen molar-refractivity contribution in [2.24, 2.45) is 0 Å². The summed E-state index contributed by atoms with van der Waals surface area (Å²) >= 11 is 6.17. The van der Waals surface area contributed by atoms with E-state index >= 15 is 0 Å². The van der Waals surface area contributed by atoms with Gasteiger partial charge in [0.25, 0.3) is 0 Å². The molecule has 1 aromatic carbocycles. The van der Waals surface area contributed by atoms with Gasteiger partial charge in [0.05, 0.1) is 5.69 Å². The van der Waals surface area contributed by atoms with Crippen LogP contribution in [0, 0.1) is 11.1 Å². The van der Waals surface area contributed by atoms with E-state index in [0.29, 0.717) is 26.7 Å². The van der Waals surface area contributed by atoms with E-state index in [2.05, 4.69) is 65.1 Å². The molecule has 0 aliphatic carbocycles. The van der Waals surface area contributed by atoms with Gasteiger partial charge >= 0.3 is 0 Å². The van der Waals surface area contributed by atoms with E-state index in [-0.39, 0.29) is 0 Å². The van der Waals surface area contributed by atoms with E-state index in [0.717, 1.165) is 7.40 Å². The minimum atomic E-state index is 0.389. The van der Waals surface area contributed by atoms with E-state index in [4.69, 9.17) is 16.2 Å². The van der Waals surface area contributed by atoms with Gasteiger partial charge in [0.2, 0.25) is 5.88 Å². The molecule has 0 saturated carbocycles. The van der Waals surface area contributed by atoms with Crippen LogP contribution in [0.25, 0.3) is 0 Å². The lowest BCUT2D eigenvalue weighted by atomic mass is 10.3. The van der Waals surface area contributed by atoms with Gasteiger partial charge in [0, 0.05) is 0 Å². The molecule has 4 N–H and O–H groups in total. The number of ether oxygens (including phenoxy) is 1. The van der Waals surface area contributed by atoms with E-state index in [1.807, 2.05) is 52.9 Å². The first-order chi connectivity index (χ1) is 11.5. The highest BCUT2D eigenvalue weighted by Crippen LogP contribution is 2.26. The largest absolute Gasteiger partial charge is 0.437 e. The summed E-state index contributed by atoms with van der Waals surface area (Å²) in [5, 5.41) is 0. The Morgan fingerprint density at radius 1 is 0.708 bits per heavy atom. The molecule has 2 aromatic heterocycles. The summed E-state index contributed by atoms with van der Waals surface area (Å²) in [6.07, 6.45) is 2.93. The predicted molar refractivity (Wildman–Crippen MR) is 118 cm³/mol. The van der Waals surface area contributed by atoms with E-state index in [1.54, 1.807) is 0 Å². The summed E-state index contributed by atoms with van der Waals surface area (Å²) in [5.74, 6) is 1.10. The molecule has 0 spiro atoms. The minimum absolute atomic E-state index is 0.389.